The third-order valence-corrected chi connectivity index (χ3v) is 13.5. The van der Waals surface area contributed by atoms with E-state index in [1.165, 1.54) is 212 Å². The van der Waals surface area contributed by atoms with Gasteiger partial charge in [-0.1, -0.05) is 237 Å². The first-order valence-electron chi connectivity index (χ1n) is 28.3. The van der Waals surface area contributed by atoms with E-state index in [1.807, 2.05) is 0 Å². The molecule has 0 saturated heterocycles. The van der Waals surface area contributed by atoms with Gasteiger partial charge in [0.25, 0.3) is 0 Å². The minimum absolute atomic E-state index is 0.000938. The van der Waals surface area contributed by atoms with Gasteiger partial charge in [0.1, 0.15) is 6.61 Å². The first-order chi connectivity index (χ1) is 32.3. The highest BCUT2D eigenvalue weighted by molar-refractivity contribution is 7.47. The fourth-order valence-corrected chi connectivity index (χ4v) is 9.00. The third-order valence-electron chi connectivity index (χ3n) is 12.4. The lowest BCUT2D eigenvalue weighted by Crippen LogP contribution is -2.29. The Bertz CT molecular complexity index is 1170. The van der Waals surface area contributed by atoms with Gasteiger partial charge in [0.15, 0.2) is 6.10 Å². The van der Waals surface area contributed by atoms with E-state index < -0.39 is 26.5 Å². The summed E-state index contributed by atoms with van der Waals surface area (Å²) in [5, 5.41) is 0. The number of phosphoric ester groups is 1. The maximum Gasteiger partial charge on any atom is 0.472 e. The molecule has 0 radical (unpaired) electrons. The van der Waals surface area contributed by atoms with Crippen molar-refractivity contribution in [2.75, 3.05) is 19.8 Å². The van der Waals surface area contributed by atoms with Crippen molar-refractivity contribution in [2.45, 2.75) is 297 Å². The Kier molecular flexibility index (Phi) is 51.3. The molecule has 0 bridgehead atoms. The summed E-state index contributed by atoms with van der Waals surface area (Å²) >= 11 is 0. The Hall–Kier alpha value is -1.73. The zero-order chi connectivity index (χ0) is 48.1. The second-order valence-corrected chi connectivity index (χ2v) is 20.4. The Labute approximate surface area is 408 Å². The van der Waals surface area contributed by atoms with Crippen molar-refractivity contribution in [1.29, 1.82) is 0 Å². The number of hydrogen-bond acceptors (Lipinski definition) is 7. The number of carbonyl (C=O) groups is 2. The number of carbonyl (C=O) groups excluding carboxylic acids is 2. The normalized spacial score (nSPS) is 13.3. The first kappa shape index (κ1) is 64.3. The van der Waals surface area contributed by atoms with Gasteiger partial charge in [0.2, 0.25) is 0 Å². The van der Waals surface area contributed by atoms with Crippen molar-refractivity contribution in [3.05, 3.63) is 36.5 Å². The van der Waals surface area contributed by atoms with Gasteiger partial charge in [0.05, 0.1) is 13.2 Å². The molecule has 0 fully saturated rings. The Morgan fingerprint density at radius 3 is 1.09 bits per heavy atom. The fourth-order valence-electron chi connectivity index (χ4n) is 8.25. The molecule has 0 aromatic carbocycles. The Balaban J connectivity index is 3.91. The van der Waals surface area contributed by atoms with Crippen LogP contribution in [0.4, 0.5) is 0 Å². The molecule has 0 aromatic heterocycles. The van der Waals surface area contributed by atoms with E-state index in [-0.39, 0.29) is 25.6 Å². The number of unbranched alkanes of at least 4 members (excludes halogenated alkanes) is 35. The fraction of sp³-hybridized carbons (Fsp3) is 0.860. The topological polar surface area (TPSA) is 108 Å². The van der Waals surface area contributed by atoms with Crippen LogP contribution < -0.4 is 0 Å². The van der Waals surface area contributed by atoms with Crippen LogP contribution in [-0.2, 0) is 32.7 Å². The van der Waals surface area contributed by atoms with Gasteiger partial charge in [-0.25, -0.2) is 4.57 Å². The van der Waals surface area contributed by atoms with Crippen LogP contribution in [0.5, 0.6) is 0 Å². The van der Waals surface area contributed by atoms with Gasteiger partial charge in [-0.3, -0.25) is 18.6 Å². The van der Waals surface area contributed by atoms with Crippen molar-refractivity contribution in [1.82, 2.24) is 0 Å². The predicted octanol–water partition coefficient (Wildman–Crippen LogP) is 18.7. The van der Waals surface area contributed by atoms with Crippen LogP contribution in [0.1, 0.15) is 290 Å². The summed E-state index contributed by atoms with van der Waals surface area (Å²) in [6.45, 7) is 5.52. The van der Waals surface area contributed by atoms with Crippen LogP contribution in [0, 0.1) is 0 Å². The molecule has 0 heterocycles. The molecule has 0 aliphatic carbocycles. The van der Waals surface area contributed by atoms with E-state index in [1.54, 1.807) is 6.92 Å². The molecular weight excluding hydrogens is 844 g/mol. The minimum atomic E-state index is -4.29. The summed E-state index contributed by atoms with van der Waals surface area (Å²) in [6, 6.07) is 0. The SMILES string of the molecule is CCCCCCC/C=C\C/C=C\CCCCCCCCCCCCCC(=O)OC(COC(=O)CCCCCCCCCCCCC/C=C\CCCCCCCCCC)COP(=O)(O)OCC. The van der Waals surface area contributed by atoms with E-state index in [2.05, 4.69) is 50.3 Å². The molecule has 8 nitrogen and oxygen atoms in total. The highest BCUT2D eigenvalue weighted by Gasteiger charge is 2.25. The van der Waals surface area contributed by atoms with E-state index in [0.717, 1.165) is 38.5 Å². The van der Waals surface area contributed by atoms with Crippen LogP contribution in [0.25, 0.3) is 0 Å². The van der Waals surface area contributed by atoms with Gasteiger partial charge >= 0.3 is 19.8 Å². The zero-order valence-electron chi connectivity index (χ0n) is 43.6. The summed E-state index contributed by atoms with van der Waals surface area (Å²) in [4.78, 5) is 35.0. The van der Waals surface area contributed by atoms with Crippen LogP contribution in [0.3, 0.4) is 0 Å². The van der Waals surface area contributed by atoms with Gasteiger partial charge in [-0.05, 0) is 77.6 Å². The van der Waals surface area contributed by atoms with Crippen LogP contribution in [-0.4, -0.2) is 42.8 Å². The molecule has 2 atom stereocenters. The summed E-state index contributed by atoms with van der Waals surface area (Å²) in [6.07, 6.45) is 63.6. The van der Waals surface area contributed by atoms with Gasteiger partial charge in [-0.15, -0.1) is 0 Å². The molecule has 0 spiro atoms. The van der Waals surface area contributed by atoms with E-state index in [4.69, 9.17) is 18.5 Å². The Morgan fingerprint density at radius 1 is 0.409 bits per heavy atom. The van der Waals surface area contributed by atoms with E-state index in [9.17, 15) is 19.0 Å². The lowest BCUT2D eigenvalue weighted by Gasteiger charge is -2.19. The molecule has 0 aliphatic rings. The number of allylic oxidation sites excluding steroid dienone is 6. The number of ether oxygens (including phenoxy) is 2. The summed E-state index contributed by atoms with van der Waals surface area (Å²) in [7, 11) is -4.29. The predicted molar refractivity (Wildman–Crippen MR) is 281 cm³/mol. The summed E-state index contributed by atoms with van der Waals surface area (Å²) in [5.41, 5.74) is 0. The van der Waals surface area contributed by atoms with Crippen molar-refractivity contribution < 1.29 is 37.6 Å². The molecule has 2 unspecified atom stereocenters. The monoisotopic (exact) mass is 951 g/mol. The average molecular weight is 951 g/mol. The van der Waals surface area contributed by atoms with E-state index in [0.29, 0.717) is 12.8 Å². The maximum atomic E-state index is 12.7. The highest BCUT2D eigenvalue weighted by Crippen LogP contribution is 2.43. The van der Waals surface area contributed by atoms with Gasteiger partial charge < -0.3 is 14.4 Å². The lowest BCUT2D eigenvalue weighted by molar-refractivity contribution is -0.161. The smallest absolute Gasteiger partial charge is 0.462 e. The number of phosphoric acid groups is 1. The number of hydrogen-bond donors (Lipinski definition) is 1. The Morgan fingerprint density at radius 2 is 0.727 bits per heavy atom. The number of esters is 2. The second-order valence-electron chi connectivity index (χ2n) is 18.9. The third kappa shape index (κ3) is 51.7. The van der Waals surface area contributed by atoms with Crippen LogP contribution in [0.2, 0.25) is 0 Å². The second kappa shape index (κ2) is 52.6. The summed E-state index contributed by atoms with van der Waals surface area (Å²) < 4.78 is 32.9. The molecule has 0 rings (SSSR count). The van der Waals surface area contributed by atoms with Crippen molar-refractivity contribution in [3.8, 4) is 0 Å². The van der Waals surface area contributed by atoms with E-state index >= 15 is 0 Å². The first-order valence-corrected chi connectivity index (χ1v) is 29.8. The maximum absolute atomic E-state index is 12.7. The van der Waals surface area contributed by atoms with Crippen molar-refractivity contribution in [3.63, 3.8) is 0 Å². The largest absolute Gasteiger partial charge is 0.472 e. The average Bonchev–Trinajstić information content (AvgIpc) is 3.30. The molecule has 66 heavy (non-hydrogen) atoms. The molecule has 1 N–H and O–H groups in total. The van der Waals surface area contributed by atoms with Crippen LogP contribution >= 0.6 is 7.82 Å². The molecular formula is C57H107O8P. The molecule has 9 heteroatoms. The van der Waals surface area contributed by atoms with Crippen molar-refractivity contribution >= 4 is 19.8 Å². The lowest BCUT2D eigenvalue weighted by atomic mass is 10.0. The molecule has 0 saturated carbocycles. The zero-order valence-corrected chi connectivity index (χ0v) is 44.5. The molecule has 0 aliphatic heterocycles. The molecule has 0 amide bonds. The van der Waals surface area contributed by atoms with Crippen molar-refractivity contribution in [2.24, 2.45) is 0 Å². The molecule has 0 aromatic rings. The van der Waals surface area contributed by atoms with Gasteiger partial charge in [0, 0.05) is 12.8 Å². The quantitative estimate of drug-likeness (QED) is 0.0278. The minimum Gasteiger partial charge on any atom is -0.462 e. The molecule has 388 valence electrons. The summed E-state index contributed by atoms with van der Waals surface area (Å²) in [5.74, 6) is -0.788. The van der Waals surface area contributed by atoms with Crippen LogP contribution in [0.15, 0.2) is 36.5 Å². The number of rotatable bonds is 53. The standard InChI is InChI=1S/C57H107O8P/c1-4-7-9-11-13-15-17-19-21-23-25-27-29-31-33-35-37-39-41-43-45-47-49-51-56(58)62-53-55(54-64-66(60,61)63-6-3)65-57(59)52-50-48-46-44-42-40-38-36-34-32-30-28-26-24-22-20-18-16-14-12-10-8-5-2/h18,20,23-26,55H,4-17,19,21-22,27-54H2,1-3H3,(H,60,61)/b20-18-,25-23-,26-24-. The highest BCUT2D eigenvalue weighted by atomic mass is 31.2. The van der Waals surface area contributed by atoms with Gasteiger partial charge in [-0.2, -0.15) is 0 Å².